The lowest BCUT2D eigenvalue weighted by Gasteiger charge is -2.14. The smallest absolute Gasteiger partial charge is 0.387 e. The molecule has 0 amide bonds. The van der Waals surface area contributed by atoms with E-state index in [9.17, 15) is 8.78 Å². The van der Waals surface area contributed by atoms with Crippen LogP contribution in [0.3, 0.4) is 0 Å². The van der Waals surface area contributed by atoms with Crippen molar-refractivity contribution in [2.75, 3.05) is 5.73 Å². The van der Waals surface area contributed by atoms with Crippen LogP contribution in [0.15, 0.2) is 18.3 Å². The number of rotatable bonds is 6. The van der Waals surface area contributed by atoms with Gasteiger partial charge in [0, 0.05) is 29.4 Å². The van der Waals surface area contributed by atoms with E-state index in [2.05, 4.69) is 34.3 Å². The number of nitrogen functional groups attached to an aromatic ring is 1. The van der Waals surface area contributed by atoms with Crippen LogP contribution in [0.1, 0.15) is 57.2 Å². The van der Waals surface area contributed by atoms with Crippen molar-refractivity contribution in [3.63, 3.8) is 0 Å². The van der Waals surface area contributed by atoms with E-state index in [1.54, 1.807) is 6.20 Å². The molecule has 2 saturated carbocycles. The number of alkyl halides is 2. The van der Waals surface area contributed by atoms with Crippen LogP contribution in [0.25, 0.3) is 11.3 Å². The molecule has 4 atom stereocenters. The second-order valence-electron chi connectivity index (χ2n) is 7.43. The fraction of sp³-hybridized carbons (Fsp3) is 0.579. The first-order valence-electron chi connectivity index (χ1n) is 9.29. The van der Waals surface area contributed by atoms with Crippen molar-refractivity contribution < 1.29 is 13.5 Å². The number of anilines is 1. The zero-order valence-electron chi connectivity index (χ0n) is 15.0. The molecule has 7 heteroatoms. The fourth-order valence-electron chi connectivity index (χ4n) is 4.37. The van der Waals surface area contributed by atoms with Crippen molar-refractivity contribution in [1.82, 2.24) is 14.8 Å². The molecule has 0 radical (unpaired) electrons. The maximum Gasteiger partial charge on any atom is 0.387 e. The van der Waals surface area contributed by atoms with Gasteiger partial charge < -0.3 is 10.5 Å². The summed E-state index contributed by atoms with van der Waals surface area (Å²) in [5.74, 6) is 1.99. The van der Waals surface area contributed by atoms with Gasteiger partial charge in [0.1, 0.15) is 0 Å². The highest BCUT2D eigenvalue weighted by Gasteiger charge is 2.54. The van der Waals surface area contributed by atoms with Gasteiger partial charge in [-0.05, 0) is 50.2 Å². The zero-order chi connectivity index (χ0) is 18.4. The van der Waals surface area contributed by atoms with E-state index < -0.39 is 6.61 Å². The average Bonchev–Trinajstić information content (AvgIpc) is 3.00. The molecule has 26 heavy (non-hydrogen) atoms. The first-order chi connectivity index (χ1) is 12.5. The number of hydrogen-bond acceptors (Lipinski definition) is 4. The molecule has 2 N–H and O–H groups in total. The Labute approximate surface area is 151 Å². The highest BCUT2D eigenvalue weighted by Crippen LogP contribution is 2.63. The summed E-state index contributed by atoms with van der Waals surface area (Å²) in [7, 11) is 0. The van der Waals surface area contributed by atoms with Gasteiger partial charge in [0.15, 0.2) is 11.6 Å². The molecule has 4 rings (SSSR count). The van der Waals surface area contributed by atoms with E-state index in [1.165, 1.54) is 31.0 Å². The predicted octanol–water partition coefficient (Wildman–Crippen LogP) is 4.61. The lowest BCUT2D eigenvalue weighted by Crippen LogP contribution is -2.10. The molecular formula is C19H24F2N4O. The van der Waals surface area contributed by atoms with Crippen molar-refractivity contribution >= 4 is 5.82 Å². The highest BCUT2D eigenvalue weighted by atomic mass is 19.3. The maximum atomic E-state index is 12.6. The molecule has 0 aromatic carbocycles. The minimum Gasteiger partial charge on any atom is -0.431 e. The van der Waals surface area contributed by atoms with Gasteiger partial charge in [-0.3, -0.25) is 4.68 Å². The largest absolute Gasteiger partial charge is 0.431 e. The van der Waals surface area contributed by atoms with Gasteiger partial charge in [-0.15, -0.1) is 0 Å². The van der Waals surface area contributed by atoms with Gasteiger partial charge in [-0.25, -0.2) is 4.98 Å². The first-order valence-corrected chi connectivity index (χ1v) is 9.29. The molecule has 2 aliphatic carbocycles. The minimum atomic E-state index is -2.94. The molecule has 2 aromatic heterocycles. The molecule has 0 saturated heterocycles. The normalized spacial score (nSPS) is 25.3. The second-order valence-corrected chi connectivity index (χ2v) is 7.43. The predicted molar refractivity (Wildman–Crippen MR) is 95.1 cm³/mol. The van der Waals surface area contributed by atoms with Crippen LogP contribution in [0.5, 0.6) is 5.75 Å². The number of nitrogens with zero attached hydrogens (tertiary/aromatic N) is 3. The number of ether oxygens (including phenoxy) is 1. The summed E-state index contributed by atoms with van der Waals surface area (Å²) in [4.78, 5) is 4.00. The van der Waals surface area contributed by atoms with Crippen molar-refractivity contribution in [1.29, 1.82) is 0 Å². The van der Waals surface area contributed by atoms with E-state index in [-0.39, 0.29) is 11.6 Å². The molecule has 5 nitrogen and oxygen atoms in total. The highest BCUT2D eigenvalue weighted by molar-refractivity contribution is 5.64. The SMILES string of the molecule is CCC(C)n1nc(-c2cnc(N)c(OC(F)F)c2)cc1[C@@H]1[C@@H]2CCC[C@@H]21. The lowest BCUT2D eigenvalue weighted by molar-refractivity contribution is -0.0494. The third-order valence-electron chi connectivity index (χ3n) is 5.91. The number of fused-ring (bicyclic) bond motifs is 1. The molecule has 2 aromatic rings. The Morgan fingerprint density at radius 2 is 2.04 bits per heavy atom. The third kappa shape index (κ3) is 2.93. The van der Waals surface area contributed by atoms with E-state index in [0.29, 0.717) is 17.5 Å². The minimum absolute atomic E-state index is 0.0487. The average molecular weight is 362 g/mol. The van der Waals surface area contributed by atoms with Crippen molar-refractivity contribution in [3.8, 4) is 17.0 Å². The molecule has 140 valence electrons. The fourth-order valence-corrected chi connectivity index (χ4v) is 4.37. The van der Waals surface area contributed by atoms with E-state index in [4.69, 9.17) is 10.8 Å². The molecular weight excluding hydrogens is 338 g/mol. The lowest BCUT2D eigenvalue weighted by atomic mass is 10.1. The van der Waals surface area contributed by atoms with Gasteiger partial charge in [0.25, 0.3) is 0 Å². The van der Waals surface area contributed by atoms with E-state index in [1.807, 2.05) is 0 Å². The van der Waals surface area contributed by atoms with Gasteiger partial charge in [-0.1, -0.05) is 13.3 Å². The third-order valence-corrected chi connectivity index (χ3v) is 5.91. The van der Waals surface area contributed by atoms with Crippen molar-refractivity contribution in [2.45, 2.75) is 58.1 Å². The summed E-state index contributed by atoms with van der Waals surface area (Å²) in [6.45, 7) is 1.36. The van der Waals surface area contributed by atoms with Crippen LogP contribution in [0.2, 0.25) is 0 Å². The van der Waals surface area contributed by atoms with Crippen molar-refractivity contribution in [3.05, 3.63) is 24.0 Å². The molecule has 2 aliphatic rings. The molecule has 0 spiro atoms. The quantitative estimate of drug-likeness (QED) is 0.815. The molecule has 1 unspecified atom stereocenters. The molecule has 2 fully saturated rings. The zero-order valence-corrected chi connectivity index (χ0v) is 15.0. The Hall–Kier alpha value is -2.18. The summed E-state index contributed by atoms with van der Waals surface area (Å²) in [5.41, 5.74) is 8.28. The van der Waals surface area contributed by atoms with Gasteiger partial charge >= 0.3 is 6.61 Å². The number of hydrogen-bond donors (Lipinski definition) is 1. The van der Waals surface area contributed by atoms with Crippen LogP contribution >= 0.6 is 0 Å². The van der Waals surface area contributed by atoms with Crippen LogP contribution in [0, 0.1) is 11.8 Å². The Morgan fingerprint density at radius 1 is 1.31 bits per heavy atom. The molecule has 0 aliphatic heterocycles. The Balaban J connectivity index is 1.70. The van der Waals surface area contributed by atoms with Crippen LogP contribution in [0.4, 0.5) is 14.6 Å². The topological polar surface area (TPSA) is 66.0 Å². The number of aromatic nitrogens is 3. The van der Waals surface area contributed by atoms with Gasteiger partial charge in [0.2, 0.25) is 0 Å². The summed E-state index contributed by atoms with van der Waals surface area (Å²) in [5, 5.41) is 4.78. The van der Waals surface area contributed by atoms with E-state index in [0.717, 1.165) is 24.0 Å². The second kappa shape index (κ2) is 6.52. The van der Waals surface area contributed by atoms with Crippen molar-refractivity contribution in [2.24, 2.45) is 11.8 Å². The Bertz CT molecular complexity index is 797. The Kier molecular flexibility index (Phi) is 4.32. The summed E-state index contributed by atoms with van der Waals surface area (Å²) >= 11 is 0. The molecule has 0 bridgehead atoms. The standard InChI is InChI=1S/C19H24F2N4O/c1-3-10(2)25-15(17-12-5-4-6-13(12)17)8-14(24-25)11-7-16(26-19(20)21)18(22)23-9-11/h7-10,12-13,17,19H,3-6H2,1-2H3,(H2,22,23)/t10?,12-,13+,17-. The van der Waals surface area contributed by atoms with Crippen LogP contribution < -0.4 is 10.5 Å². The monoisotopic (exact) mass is 362 g/mol. The van der Waals surface area contributed by atoms with Crippen LogP contribution in [-0.4, -0.2) is 21.4 Å². The number of halogens is 2. The first kappa shape index (κ1) is 17.2. The maximum absolute atomic E-state index is 12.6. The van der Waals surface area contributed by atoms with Gasteiger partial charge in [-0.2, -0.15) is 13.9 Å². The number of pyridine rings is 1. The summed E-state index contributed by atoms with van der Waals surface area (Å²) in [6.07, 6.45) is 6.47. The summed E-state index contributed by atoms with van der Waals surface area (Å²) in [6, 6.07) is 3.88. The van der Waals surface area contributed by atoms with Gasteiger partial charge in [0.05, 0.1) is 5.69 Å². The van der Waals surface area contributed by atoms with E-state index >= 15 is 0 Å². The summed E-state index contributed by atoms with van der Waals surface area (Å²) < 4.78 is 31.7. The Morgan fingerprint density at radius 3 is 2.69 bits per heavy atom. The molecule has 2 heterocycles. The van der Waals surface area contributed by atoms with Crippen LogP contribution in [-0.2, 0) is 0 Å². The number of nitrogens with two attached hydrogens (primary N) is 1.